The minimum absolute atomic E-state index is 0.105. The minimum Gasteiger partial charge on any atom is -0.351 e. The van der Waals surface area contributed by atoms with E-state index in [-0.39, 0.29) is 5.91 Å². The van der Waals surface area contributed by atoms with Gasteiger partial charge in [0.15, 0.2) is 0 Å². The van der Waals surface area contributed by atoms with Crippen LogP contribution in [-0.4, -0.2) is 27.1 Å². The van der Waals surface area contributed by atoms with Crippen molar-refractivity contribution >= 4 is 21.8 Å². The molecule has 1 amide bonds. The molecule has 0 fully saturated rings. The number of rotatable bonds is 5. The van der Waals surface area contributed by atoms with Crippen molar-refractivity contribution in [3.05, 3.63) is 18.0 Å². The van der Waals surface area contributed by atoms with Crippen LogP contribution in [0.2, 0.25) is 0 Å². The lowest BCUT2D eigenvalue weighted by atomic mass is 10.2. The molecule has 0 spiro atoms. The van der Waals surface area contributed by atoms with E-state index in [0.717, 1.165) is 12.8 Å². The topological polar surface area (TPSA) is 46.9 Å². The van der Waals surface area contributed by atoms with Gasteiger partial charge in [-0.25, -0.2) is 0 Å². The molecule has 0 aliphatic carbocycles. The summed E-state index contributed by atoms with van der Waals surface area (Å²) in [5.41, 5.74) is 0.472. The zero-order chi connectivity index (χ0) is 11.3. The third kappa shape index (κ3) is 4.03. The third-order valence-corrected chi connectivity index (χ3v) is 3.24. The molecule has 1 heterocycles. The zero-order valence-electron chi connectivity index (χ0n) is 9.03. The first-order valence-electron chi connectivity index (χ1n) is 5.05. The second-order valence-electron chi connectivity index (χ2n) is 3.42. The highest BCUT2D eigenvalue weighted by atomic mass is 79.9. The van der Waals surface area contributed by atoms with E-state index in [1.54, 1.807) is 24.0 Å². The van der Waals surface area contributed by atoms with E-state index >= 15 is 0 Å². The number of hydrogen-bond donors (Lipinski definition) is 1. The molecule has 0 radical (unpaired) electrons. The molecule has 4 nitrogen and oxygen atoms in total. The maximum Gasteiger partial charge on any atom is 0.271 e. The van der Waals surface area contributed by atoms with E-state index < -0.39 is 0 Å². The number of hydrogen-bond acceptors (Lipinski definition) is 2. The van der Waals surface area contributed by atoms with Crippen LogP contribution >= 0.6 is 15.9 Å². The van der Waals surface area contributed by atoms with Crippen molar-refractivity contribution < 1.29 is 4.79 Å². The molecule has 15 heavy (non-hydrogen) atoms. The Morgan fingerprint density at radius 1 is 1.73 bits per heavy atom. The van der Waals surface area contributed by atoms with Crippen molar-refractivity contribution in [1.82, 2.24) is 15.1 Å². The summed E-state index contributed by atoms with van der Waals surface area (Å²) in [4.78, 5) is 12.0. The fourth-order valence-electron chi connectivity index (χ4n) is 1.17. The molecule has 1 N–H and O–H groups in total. The molecular weight excluding hydrogens is 258 g/mol. The van der Waals surface area contributed by atoms with Gasteiger partial charge >= 0.3 is 0 Å². The molecular formula is C10H16BrN3O. The fourth-order valence-corrected chi connectivity index (χ4v) is 1.40. The Balaban J connectivity index is 2.31. The van der Waals surface area contributed by atoms with Gasteiger partial charge in [0.2, 0.25) is 0 Å². The van der Waals surface area contributed by atoms with Crippen LogP contribution in [0.15, 0.2) is 12.3 Å². The van der Waals surface area contributed by atoms with E-state index in [9.17, 15) is 4.79 Å². The van der Waals surface area contributed by atoms with E-state index in [1.165, 1.54) is 0 Å². The lowest BCUT2D eigenvalue weighted by molar-refractivity contribution is 0.0947. The lowest BCUT2D eigenvalue weighted by Crippen LogP contribution is -2.26. The third-order valence-electron chi connectivity index (χ3n) is 2.13. The number of alkyl halides is 1. The Morgan fingerprint density at radius 2 is 2.47 bits per heavy atom. The maximum absolute atomic E-state index is 11.5. The van der Waals surface area contributed by atoms with Crippen molar-refractivity contribution in [1.29, 1.82) is 0 Å². The molecule has 1 aromatic heterocycles. The summed E-state index contributed by atoms with van der Waals surface area (Å²) in [5.74, 6) is -0.105. The molecule has 1 unspecified atom stereocenters. The second kappa shape index (κ2) is 5.90. The van der Waals surface area contributed by atoms with Crippen LogP contribution in [0.5, 0.6) is 0 Å². The molecule has 1 atom stereocenters. The Hall–Kier alpha value is -0.840. The summed E-state index contributed by atoms with van der Waals surface area (Å²) in [6, 6.07) is 1.71. The van der Waals surface area contributed by atoms with Crippen LogP contribution < -0.4 is 5.32 Å². The van der Waals surface area contributed by atoms with Gasteiger partial charge in [0.05, 0.1) is 0 Å². The number of carbonyl (C=O) groups is 1. The zero-order valence-corrected chi connectivity index (χ0v) is 10.6. The van der Waals surface area contributed by atoms with Crippen molar-refractivity contribution in [2.24, 2.45) is 7.05 Å². The van der Waals surface area contributed by atoms with Gasteiger partial charge in [-0.3, -0.25) is 9.48 Å². The van der Waals surface area contributed by atoms with Gasteiger partial charge in [-0.2, -0.15) is 5.10 Å². The normalized spacial score (nSPS) is 12.5. The second-order valence-corrected chi connectivity index (χ2v) is 4.72. The highest BCUT2D eigenvalue weighted by molar-refractivity contribution is 9.09. The van der Waals surface area contributed by atoms with Crippen LogP contribution in [0.1, 0.15) is 30.3 Å². The Kier molecular flexibility index (Phi) is 4.81. The van der Waals surface area contributed by atoms with E-state index in [0.29, 0.717) is 17.1 Å². The average Bonchev–Trinajstić information content (AvgIpc) is 2.64. The average molecular weight is 274 g/mol. The first-order chi connectivity index (χ1) is 7.13. The predicted octanol–water partition coefficient (Wildman–Crippen LogP) is 1.71. The fraction of sp³-hybridized carbons (Fsp3) is 0.600. The smallest absolute Gasteiger partial charge is 0.271 e. The summed E-state index contributed by atoms with van der Waals surface area (Å²) in [5, 5.41) is 6.85. The number of nitrogens with zero attached hydrogens (tertiary/aromatic N) is 2. The van der Waals surface area contributed by atoms with E-state index in [4.69, 9.17) is 0 Å². The maximum atomic E-state index is 11.5. The molecule has 0 saturated heterocycles. The molecule has 0 saturated carbocycles. The standard InChI is InChI=1S/C10H16BrN3O/c1-3-8(11)4-6-12-10(15)9-5-7-14(2)13-9/h5,7-8H,3-4,6H2,1-2H3,(H,12,15). The van der Waals surface area contributed by atoms with Gasteiger partial charge in [-0.15, -0.1) is 0 Å². The monoisotopic (exact) mass is 273 g/mol. The predicted molar refractivity (Wildman–Crippen MR) is 63.2 cm³/mol. The van der Waals surface area contributed by atoms with Crippen LogP contribution in [0.3, 0.4) is 0 Å². The van der Waals surface area contributed by atoms with Gasteiger partial charge in [0, 0.05) is 24.6 Å². The van der Waals surface area contributed by atoms with Gasteiger partial charge in [0.25, 0.3) is 5.91 Å². The number of carbonyl (C=O) groups excluding carboxylic acids is 1. The van der Waals surface area contributed by atoms with Gasteiger partial charge in [-0.1, -0.05) is 22.9 Å². The first kappa shape index (κ1) is 12.2. The number of halogens is 1. The molecule has 84 valence electrons. The summed E-state index contributed by atoms with van der Waals surface area (Å²) >= 11 is 3.52. The van der Waals surface area contributed by atoms with Crippen LogP contribution in [-0.2, 0) is 7.05 Å². The highest BCUT2D eigenvalue weighted by Gasteiger charge is 2.08. The largest absolute Gasteiger partial charge is 0.351 e. The van der Waals surface area contributed by atoms with Gasteiger partial charge in [-0.05, 0) is 18.9 Å². The summed E-state index contributed by atoms with van der Waals surface area (Å²) in [7, 11) is 1.79. The van der Waals surface area contributed by atoms with Crippen LogP contribution in [0.25, 0.3) is 0 Å². The van der Waals surface area contributed by atoms with Gasteiger partial charge < -0.3 is 5.32 Å². The number of amides is 1. The summed E-state index contributed by atoms with van der Waals surface area (Å²) in [6.07, 6.45) is 3.77. The van der Waals surface area contributed by atoms with Crippen molar-refractivity contribution in [2.75, 3.05) is 6.54 Å². The Labute approximate surface area is 98.2 Å². The number of aryl methyl sites for hydroxylation is 1. The SMILES string of the molecule is CCC(Br)CCNC(=O)c1ccn(C)n1. The Bertz CT molecular complexity index is 324. The molecule has 1 rings (SSSR count). The Morgan fingerprint density at radius 3 is 3.00 bits per heavy atom. The molecule has 0 aromatic carbocycles. The van der Waals surface area contributed by atoms with Crippen molar-refractivity contribution in [3.63, 3.8) is 0 Å². The quantitative estimate of drug-likeness (QED) is 0.831. The number of nitrogens with one attached hydrogen (secondary N) is 1. The summed E-state index contributed by atoms with van der Waals surface area (Å²) in [6.45, 7) is 2.79. The molecule has 0 aliphatic rings. The molecule has 5 heteroatoms. The van der Waals surface area contributed by atoms with Crippen LogP contribution in [0, 0.1) is 0 Å². The molecule has 1 aromatic rings. The van der Waals surface area contributed by atoms with E-state index in [1.807, 2.05) is 0 Å². The van der Waals surface area contributed by atoms with Crippen LogP contribution in [0.4, 0.5) is 0 Å². The van der Waals surface area contributed by atoms with E-state index in [2.05, 4.69) is 33.3 Å². The van der Waals surface area contributed by atoms with Crippen molar-refractivity contribution in [3.8, 4) is 0 Å². The number of aromatic nitrogens is 2. The first-order valence-corrected chi connectivity index (χ1v) is 5.97. The van der Waals surface area contributed by atoms with Gasteiger partial charge in [0.1, 0.15) is 5.69 Å². The lowest BCUT2D eigenvalue weighted by Gasteiger charge is -2.06. The van der Waals surface area contributed by atoms with Crippen molar-refractivity contribution in [2.45, 2.75) is 24.6 Å². The molecule has 0 aliphatic heterocycles. The summed E-state index contributed by atoms with van der Waals surface area (Å²) < 4.78 is 1.62. The highest BCUT2D eigenvalue weighted by Crippen LogP contribution is 2.07. The molecule has 0 bridgehead atoms. The minimum atomic E-state index is -0.105.